The Morgan fingerprint density at radius 1 is 0.821 bits per heavy atom. The Kier molecular flexibility index (Phi) is 6.10. The molecule has 0 aliphatic carbocycles. The molecule has 140 valence electrons. The fraction of sp³-hybridized carbons (Fsp3) is 0.0476. The minimum atomic E-state index is -0.992. The van der Waals surface area contributed by atoms with E-state index < -0.39 is 12.1 Å². The van der Waals surface area contributed by atoms with Crippen LogP contribution in [0.2, 0.25) is 0 Å². The maximum absolute atomic E-state index is 11.8. The van der Waals surface area contributed by atoms with Crippen molar-refractivity contribution in [3.05, 3.63) is 90.0 Å². The minimum Gasteiger partial charge on any atom is -0.478 e. The summed E-state index contributed by atoms with van der Waals surface area (Å²) in [6.45, 7) is 0.194. The van der Waals surface area contributed by atoms with Gasteiger partial charge in [0.05, 0.1) is 16.9 Å². The molecule has 0 fully saturated rings. The molecule has 0 spiro atoms. The second kappa shape index (κ2) is 9.09. The van der Waals surface area contributed by atoms with Crippen molar-refractivity contribution < 1.29 is 19.4 Å². The van der Waals surface area contributed by atoms with Crippen LogP contribution in [0.3, 0.4) is 0 Å². The molecule has 7 heteroatoms. The standard InChI is InChI=1S/C21H17N3O4/c25-20(26)16-6-8-18(9-7-16)23-24-19-12-10-17(11-13-19)22-21(27)28-14-15-4-2-1-3-5-15/h1-13H,14H2,(H,22,27)(H,25,26). The molecule has 0 aliphatic heterocycles. The van der Waals surface area contributed by atoms with Gasteiger partial charge in [0.25, 0.3) is 0 Å². The van der Waals surface area contributed by atoms with Crippen LogP contribution >= 0.6 is 0 Å². The molecular weight excluding hydrogens is 358 g/mol. The van der Waals surface area contributed by atoms with Crippen molar-refractivity contribution in [2.45, 2.75) is 6.61 Å². The van der Waals surface area contributed by atoms with E-state index in [1.54, 1.807) is 36.4 Å². The third-order valence-electron chi connectivity index (χ3n) is 3.72. The van der Waals surface area contributed by atoms with Crippen molar-refractivity contribution in [2.75, 3.05) is 5.32 Å². The van der Waals surface area contributed by atoms with E-state index in [-0.39, 0.29) is 12.2 Å². The lowest BCUT2D eigenvalue weighted by molar-refractivity contribution is 0.0697. The van der Waals surface area contributed by atoms with Crippen LogP contribution in [0.4, 0.5) is 21.9 Å². The number of hydrogen-bond acceptors (Lipinski definition) is 5. The van der Waals surface area contributed by atoms with Crippen LogP contribution < -0.4 is 5.32 Å². The second-order valence-corrected chi connectivity index (χ2v) is 5.79. The highest BCUT2D eigenvalue weighted by Gasteiger charge is 2.04. The van der Waals surface area contributed by atoms with Crippen molar-refractivity contribution in [3.63, 3.8) is 0 Å². The van der Waals surface area contributed by atoms with Gasteiger partial charge in [-0.25, -0.2) is 9.59 Å². The molecular formula is C21H17N3O4. The normalized spacial score (nSPS) is 10.6. The van der Waals surface area contributed by atoms with E-state index in [1.165, 1.54) is 12.1 Å². The van der Waals surface area contributed by atoms with Crippen LogP contribution in [-0.4, -0.2) is 17.2 Å². The van der Waals surface area contributed by atoms with Crippen molar-refractivity contribution in [2.24, 2.45) is 10.2 Å². The summed E-state index contributed by atoms with van der Waals surface area (Å²) in [6, 6.07) is 22.3. The van der Waals surface area contributed by atoms with Gasteiger partial charge in [-0.15, -0.1) is 0 Å². The van der Waals surface area contributed by atoms with Gasteiger partial charge in [-0.2, -0.15) is 10.2 Å². The first-order chi connectivity index (χ1) is 13.6. The summed E-state index contributed by atoms with van der Waals surface area (Å²) in [6.07, 6.45) is -0.545. The van der Waals surface area contributed by atoms with Crippen LogP contribution in [0.5, 0.6) is 0 Å². The molecule has 0 unspecified atom stereocenters. The van der Waals surface area contributed by atoms with Gasteiger partial charge >= 0.3 is 12.1 Å². The monoisotopic (exact) mass is 375 g/mol. The number of ether oxygens (including phenoxy) is 1. The predicted octanol–water partition coefficient (Wildman–Crippen LogP) is 5.55. The zero-order valence-electron chi connectivity index (χ0n) is 14.8. The first kappa shape index (κ1) is 18.8. The molecule has 28 heavy (non-hydrogen) atoms. The Balaban J connectivity index is 1.52. The summed E-state index contributed by atoms with van der Waals surface area (Å²) in [5.41, 5.74) is 2.79. The van der Waals surface area contributed by atoms with Crippen LogP contribution in [0.25, 0.3) is 0 Å². The largest absolute Gasteiger partial charge is 0.478 e. The minimum absolute atomic E-state index is 0.188. The number of amides is 1. The highest BCUT2D eigenvalue weighted by Crippen LogP contribution is 2.21. The highest BCUT2D eigenvalue weighted by molar-refractivity contribution is 5.87. The van der Waals surface area contributed by atoms with E-state index >= 15 is 0 Å². The number of carbonyl (C=O) groups excluding carboxylic acids is 1. The number of nitrogens with zero attached hydrogens (tertiary/aromatic N) is 2. The van der Waals surface area contributed by atoms with Gasteiger partial charge in [0.15, 0.2) is 0 Å². The number of rotatable bonds is 6. The first-order valence-electron chi connectivity index (χ1n) is 8.43. The third kappa shape index (κ3) is 5.50. The summed E-state index contributed by atoms with van der Waals surface area (Å²) in [5, 5.41) is 19.6. The number of aromatic carboxylic acids is 1. The van der Waals surface area contributed by atoms with E-state index in [4.69, 9.17) is 9.84 Å². The highest BCUT2D eigenvalue weighted by atomic mass is 16.5. The molecule has 3 rings (SSSR count). The number of anilines is 1. The van der Waals surface area contributed by atoms with Crippen molar-refractivity contribution in [1.29, 1.82) is 0 Å². The van der Waals surface area contributed by atoms with Crippen molar-refractivity contribution >= 4 is 29.1 Å². The van der Waals surface area contributed by atoms with E-state index in [2.05, 4.69) is 15.5 Å². The van der Waals surface area contributed by atoms with Gasteiger partial charge in [0, 0.05) is 5.69 Å². The molecule has 2 N–H and O–H groups in total. The van der Waals surface area contributed by atoms with Crippen LogP contribution in [0.1, 0.15) is 15.9 Å². The number of nitrogens with one attached hydrogen (secondary N) is 1. The average molecular weight is 375 g/mol. The topological polar surface area (TPSA) is 100 Å². The van der Waals surface area contributed by atoms with Gasteiger partial charge in [-0.1, -0.05) is 30.3 Å². The van der Waals surface area contributed by atoms with Gasteiger partial charge in [-0.05, 0) is 54.1 Å². The second-order valence-electron chi connectivity index (χ2n) is 5.79. The Morgan fingerprint density at radius 2 is 1.39 bits per heavy atom. The Morgan fingerprint density at radius 3 is 1.96 bits per heavy atom. The molecule has 3 aromatic carbocycles. The molecule has 0 saturated heterocycles. The van der Waals surface area contributed by atoms with Gasteiger partial charge in [-0.3, -0.25) is 5.32 Å². The Labute approximate surface area is 161 Å². The maximum Gasteiger partial charge on any atom is 0.411 e. The summed E-state index contributed by atoms with van der Waals surface area (Å²) < 4.78 is 5.16. The smallest absolute Gasteiger partial charge is 0.411 e. The molecule has 0 heterocycles. The summed E-state index contributed by atoms with van der Waals surface area (Å²) in [5.74, 6) is -0.992. The lowest BCUT2D eigenvalue weighted by Crippen LogP contribution is -2.13. The van der Waals surface area contributed by atoms with Crippen LogP contribution in [0.15, 0.2) is 89.1 Å². The fourth-order valence-corrected chi connectivity index (χ4v) is 2.27. The molecule has 3 aromatic rings. The van der Waals surface area contributed by atoms with E-state index in [1.807, 2.05) is 30.3 Å². The summed E-state index contributed by atoms with van der Waals surface area (Å²) in [7, 11) is 0. The quantitative estimate of drug-likeness (QED) is 0.552. The summed E-state index contributed by atoms with van der Waals surface area (Å²) in [4.78, 5) is 22.7. The predicted molar refractivity (Wildman–Crippen MR) is 104 cm³/mol. The number of carboxylic acid groups (broad SMARTS) is 1. The van der Waals surface area contributed by atoms with Gasteiger partial charge in [0.1, 0.15) is 6.61 Å². The molecule has 0 aromatic heterocycles. The number of azo groups is 1. The SMILES string of the molecule is O=C(Nc1ccc(N=Nc2ccc(C(=O)O)cc2)cc1)OCc1ccccc1. The van der Waals surface area contributed by atoms with Crippen LogP contribution in [0, 0.1) is 0 Å². The molecule has 0 aliphatic rings. The molecule has 7 nitrogen and oxygen atoms in total. The Bertz CT molecular complexity index is 969. The molecule has 0 saturated carbocycles. The van der Waals surface area contributed by atoms with Crippen molar-refractivity contribution in [3.8, 4) is 0 Å². The van der Waals surface area contributed by atoms with Gasteiger partial charge in [0.2, 0.25) is 0 Å². The lowest BCUT2D eigenvalue weighted by Gasteiger charge is -2.07. The summed E-state index contributed by atoms with van der Waals surface area (Å²) >= 11 is 0. The number of benzene rings is 3. The lowest BCUT2D eigenvalue weighted by atomic mass is 10.2. The first-order valence-corrected chi connectivity index (χ1v) is 8.43. The zero-order valence-corrected chi connectivity index (χ0v) is 14.8. The van der Waals surface area contributed by atoms with E-state index in [0.29, 0.717) is 17.1 Å². The Hall–Kier alpha value is -4.00. The molecule has 0 atom stereocenters. The fourth-order valence-electron chi connectivity index (χ4n) is 2.27. The number of hydrogen-bond donors (Lipinski definition) is 2. The van der Waals surface area contributed by atoms with Crippen molar-refractivity contribution in [1.82, 2.24) is 0 Å². The van der Waals surface area contributed by atoms with Gasteiger partial charge < -0.3 is 9.84 Å². The van der Waals surface area contributed by atoms with E-state index in [9.17, 15) is 9.59 Å². The zero-order chi connectivity index (χ0) is 19.8. The molecule has 0 radical (unpaired) electrons. The molecule has 0 bridgehead atoms. The van der Waals surface area contributed by atoms with Crippen LogP contribution in [-0.2, 0) is 11.3 Å². The van der Waals surface area contributed by atoms with E-state index in [0.717, 1.165) is 5.56 Å². The maximum atomic E-state index is 11.8. The number of carbonyl (C=O) groups is 2. The average Bonchev–Trinajstić information content (AvgIpc) is 2.73. The third-order valence-corrected chi connectivity index (χ3v) is 3.72. The number of carboxylic acids is 1. The molecule has 1 amide bonds.